The van der Waals surface area contributed by atoms with Crippen molar-refractivity contribution in [3.8, 4) is 0 Å². The van der Waals surface area contributed by atoms with E-state index in [0.29, 0.717) is 0 Å². The van der Waals surface area contributed by atoms with Gasteiger partial charge in [-0.25, -0.2) is 0 Å². The minimum Gasteiger partial charge on any atom is -0.262 e. The van der Waals surface area contributed by atoms with Crippen molar-refractivity contribution in [2.45, 2.75) is 12.2 Å². The molecule has 1 aliphatic heterocycles. The second-order valence-corrected chi connectivity index (χ2v) is 2.39. The van der Waals surface area contributed by atoms with E-state index in [1.807, 2.05) is 0 Å². The number of hydrogen-bond donors (Lipinski definition) is 0. The largest absolute Gasteiger partial charge is 0.411 e. The predicted octanol–water partition coefficient (Wildman–Crippen LogP) is 1.57. The van der Waals surface area contributed by atoms with Gasteiger partial charge in [-0.05, 0) is 0 Å². The lowest BCUT2D eigenvalue weighted by Crippen LogP contribution is -2.26. The third-order valence-corrected chi connectivity index (χ3v) is 1.61. The fourth-order valence-corrected chi connectivity index (χ4v) is 1.12. The fourth-order valence-electron chi connectivity index (χ4n) is 0.422. The maximum absolute atomic E-state index is 11.6. The molecule has 0 fully saturated rings. The predicted molar refractivity (Wildman–Crippen MR) is 29.7 cm³/mol. The van der Waals surface area contributed by atoms with Crippen molar-refractivity contribution in [2.75, 3.05) is 5.75 Å². The van der Waals surface area contributed by atoms with Crippen LogP contribution < -0.4 is 0 Å². The molecule has 1 heterocycles. The van der Waals surface area contributed by atoms with Gasteiger partial charge in [0, 0.05) is 5.75 Å². The maximum Gasteiger partial charge on any atom is 0.411 e. The molecule has 1 aliphatic rings. The van der Waals surface area contributed by atoms with Crippen molar-refractivity contribution < 1.29 is 13.2 Å². The van der Waals surface area contributed by atoms with Crippen molar-refractivity contribution in [3.05, 3.63) is 0 Å². The summed E-state index contributed by atoms with van der Waals surface area (Å²) in [4.78, 5) is 3.09. The SMILES string of the molecule is FC(F)(F)C1CS[C]=N1. The Labute approximate surface area is 54.3 Å². The summed E-state index contributed by atoms with van der Waals surface area (Å²) in [6.45, 7) is 0. The third kappa shape index (κ3) is 1.61. The van der Waals surface area contributed by atoms with Crippen LogP contribution in [0.3, 0.4) is 0 Å². The highest BCUT2D eigenvalue weighted by Gasteiger charge is 2.40. The van der Waals surface area contributed by atoms with E-state index in [-0.39, 0.29) is 5.75 Å². The van der Waals surface area contributed by atoms with Gasteiger partial charge in [0.25, 0.3) is 0 Å². The Morgan fingerprint density at radius 1 is 1.56 bits per heavy atom. The minimum absolute atomic E-state index is 0.0104. The Morgan fingerprint density at radius 2 is 2.22 bits per heavy atom. The van der Waals surface area contributed by atoms with Crippen LogP contribution in [-0.4, -0.2) is 23.5 Å². The summed E-state index contributed by atoms with van der Waals surface area (Å²) in [5, 5.41) is 0. The topological polar surface area (TPSA) is 12.4 Å². The zero-order chi connectivity index (χ0) is 6.91. The number of rotatable bonds is 0. The van der Waals surface area contributed by atoms with Crippen molar-refractivity contribution in [2.24, 2.45) is 4.99 Å². The van der Waals surface area contributed by atoms with E-state index in [1.54, 1.807) is 0 Å². The third-order valence-electron chi connectivity index (χ3n) is 0.892. The van der Waals surface area contributed by atoms with Gasteiger partial charge in [-0.3, -0.25) is 4.99 Å². The normalized spacial score (nSPS) is 27.2. The Bertz CT molecular complexity index is 130. The zero-order valence-electron chi connectivity index (χ0n) is 4.27. The fraction of sp³-hybridized carbons (Fsp3) is 0.750. The molecule has 5 heteroatoms. The highest BCUT2D eigenvalue weighted by molar-refractivity contribution is 8.12. The molecule has 51 valence electrons. The van der Waals surface area contributed by atoms with E-state index < -0.39 is 12.2 Å². The van der Waals surface area contributed by atoms with Crippen molar-refractivity contribution in [1.29, 1.82) is 0 Å². The number of halogens is 3. The zero-order valence-corrected chi connectivity index (χ0v) is 5.09. The number of alkyl halides is 3. The second-order valence-electron chi connectivity index (χ2n) is 1.59. The van der Waals surface area contributed by atoms with Gasteiger partial charge >= 0.3 is 6.18 Å². The molecule has 1 rings (SSSR count). The molecular formula is C4H3F3NS. The van der Waals surface area contributed by atoms with Gasteiger partial charge in [0.05, 0.1) is 0 Å². The van der Waals surface area contributed by atoms with Gasteiger partial charge in [-0.15, -0.1) is 11.8 Å². The standard InChI is InChI=1S/C4H3F3NS/c5-4(6,7)3-1-9-2-8-3/h3H,1H2. The first kappa shape index (κ1) is 6.92. The van der Waals surface area contributed by atoms with E-state index in [2.05, 4.69) is 10.5 Å². The molecule has 0 bridgehead atoms. The van der Waals surface area contributed by atoms with Crippen molar-refractivity contribution >= 4 is 17.3 Å². The molecule has 0 aliphatic carbocycles. The molecule has 0 spiro atoms. The number of hydrogen-bond acceptors (Lipinski definition) is 2. The maximum atomic E-state index is 11.6. The van der Waals surface area contributed by atoms with Crippen LogP contribution in [0.5, 0.6) is 0 Å². The molecule has 1 atom stereocenters. The van der Waals surface area contributed by atoms with Gasteiger partial charge < -0.3 is 0 Å². The summed E-state index contributed by atoms with van der Waals surface area (Å²) in [7, 11) is 0. The molecule has 1 radical (unpaired) electrons. The molecule has 0 aromatic rings. The Balaban J connectivity index is 2.53. The second kappa shape index (κ2) is 2.21. The average molecular weight is 154 g/mol. The van der Waals surface area contributed by atoms with E-state index >= 15 is 0 Å². The highest BCUT2D eigenvalue weighted by Crippen LogP contribution is 2.28. The first-order chi connectivity index (χ1) is 4.11. The van der Waals surface area contributed by atoms with Crippen LogP contribution in [0.25, 0.3) is 0 Å². The molecule has 0 aromatic carbocycles. The first-order valence-corrected chi connectivity index (χ1v) is 3.22. The van der Waals surface area contributed by atoms with Gasteiger partial charge in [-0.2, -0.15) is 13.2 Å². The summed E-state index contributed by atoms with van der Waals surface area (Å²) >= 11 is 0.972. The van der Waals surface area contributed by atoms with Crippen LogP contribution in [0, 0.1) is 0 Å². The Morgan fingerprint density at radius 3 is 2.44 bits per heavy atom. The number of thioether (sulfide) groups is 1. The van der Waals surface area contributed by atoms with Crippen LogP contribution in [-0.2, 0) is 0 Å². The van der Waals surface area contributed by atoms with Crippen LogP contribution in [0.2, 0.25) is 0 Å². The molecule has 9 heavy (non-hydrogen) atoms. The van der Waals surface area contributed by atoms with Gasteiger partial charge in [0.15, 0.2) is 6.04 Å². The smallest absolute Gasteiger partial charge is 0.262 e. The molecule has 0 saturated heterocycles. The summed E-state index contributed by atoms with van der Waals surface area (Å²) in [5.41, 5.74) is 2.20. The van der Waals surface area contributed by atoms with Crippen LogP contribution in [0.1, 0.15) is 0 Å². The van der Waals surface area contributed by atoms with Gasteiger partial charge in [0.1, 0.15) is 5.55 Å². The lowest BCUT2D eigenvalue weighted by atomic mass is 10.3. The summed E-state index contributed by atoms with van der Waals surface area (Å²) in [6, 6.07) is -1.51. The molecular weight excluding hydrogens is 151 g/mol. The van der Waals surface area contributed by atoms with Crippen molar-refractivity contribution in [1.82, 2.24) is 0 Å². The van der Waals surface area contributed by atoms with Crippen LogP contribution >= 0.6 is 11.8 Å². The van der Waals surface area contributed by atoms with E-state index in [9.17, 15) is 13.2 Å². The quantitative estimate of drug-likeness (QED) is 0.516. The van der Waals surface area contributed by atoms with Crippen LogP contribution in [0.4, 0.5) is 13.2 Å². The van der Waals surface area contributed by atoms with Gasteiger partial charge in [-0.1, -0.05) is 0 Å². The molecule has 0 aromatic heterocycles. The first-order valence-electron chi connectivity index (χ1n) is 2.24. The van der Waals surface area contributed by atoms with Gasteiger partial charge in [0.2, 0.25) is 0 Å². The van der Waals surface area contributed by atoms with Crippen LogP contribution in [0.15, 0.2) is 4.99 Å². The average Bonchev–Trinajstić information content (AvgIpc) is 2.08. The molecule has 1 unspecified atom stereocenters. The van der Waals surface area contributed by atoms with E-state index in [0.717, 1.165) is 11.8 Å². The Kier molecular flexibility index (Phi) is 1.70. The molecule has 0 amide bonds. The number of nitrogens with zero attached hydrogens (tertiary/aromatic N) is 1. The Hall–Kier alpha value is -0.190. The summed E-state index contributed by atoms with van der Waals surface area (Å²) in [6.07, 6.45) is -4.17. The molecule has 0 saturated carbocycles. The lowest BCUT2D eigenvalue weighted by molar-refractivity contribution is -0.141. The summed E-state index contributed by atoms with van der Waals surface area (Å²) in [5.74, 6) is -0.0104. The molecule has 0 N–H and O–H groups in total. The summed E-state index contributed by atoms with van der Waals surface area (Å²) < 4.78 is 34.8. The monoisotopic (exact) mass is 154 g/mol. The highest BCUT2D eigenvalue weighted by atomic mass is 32.2. The van der Waals surface area contributed by atoms with E-state index in [1.165, 1.54) is 0 Å². The molecule has 1 nitrogen and oxygen atoms in total. The lowest BCUT2D eigenvalue weighted by Gasteiger charge is -2.09. The van der Waals surface area contributed by atoms with Crippen molar-refractivity contribution in [3.63, 3.8) is 0 Å². The van der Waals surface area contributed by atoms with E-state index in [4.69, 9.17) is 0 Å². The number of aliphatic imine (C=N–C) groups is 1. The minimum atomic E-state index is -4.17.